The summed E-state index contributed by atoms with van der Waals surface area (Å²) >= 11 is 0.604. The minimum Gasteiger partial charge on any atom is -0.325 e. The molecule has 14 heavy (non-hydrogen) atoms. The van der Waals surface area contributed by atoms with E-state index in [1.807, 2.05) is 30.3 Å². The smallest absolute Gasteiger partial charge is 0.151 e. The number of aldehydes is 1. The highest BCUT2D eigenvalue weighted by Crippen LogP contribution is 2.26. The van der Waals surface area contributed by atoms with Crippen LogP contribution in [0.1, 0.15) is 10.4 Å². The van der Waals surface area contributed by atoms with Crippen LogP contribution >= 0.6 is 12.0 Å². The fourth-order valence-electron chi connectivity index (χ4n) is 1.48. The van der Waals surface area contributed by atoms with Gasteiger partial charge in [0.25, 0.3) is 0 Å². The van der Waals surface area contributed by atoms with Gasteiger partial charge in [-0.05, 0) is 16.8 Å². The largest absolute Gasteiger partial charge is 0.325 e. The van der Waals surface area contributed by atoms with E-state index < -0.39 is 0 Å². The lowest BCUT2D eigenvalue weighted by Gasteiger charge is -2.04. The van der Waals surface area contributed by atoms with Gasteiger partial charge in [-0.2, -0.15) is 0 Å². The molecule has 0 aliphatic rings. The molecule has 0 aromatic heterocycles. The average molecular weight is 204 g/mol. The van der Waals surface area contributed by atoms with Crippen LogP contribution < -0.4 is 0 Å². The van der Waals surface area contributed by atoms with Gasteiger partial charge in [0.1, 0.15) is 0 Å². The van der Waals surface area contributed by atoms with Gasteiger partial charge < -0.3 is 4.55 Å². The fraction of sp³-hybridized carbons (Fsp3) is 0. The molecule has 2 aromatic carbocycles. The van der Waals surface area contributed by atoms with Crippen LogP contribution in [0.3, 0.4) is 0 Å². The number of hydrogen-bond acceptors (Lipinski definition) is 3. The lowest BCUT2D eigenvalue weighted by Crippen LogP contribution is -1.87. The van der Waals surface area contributed by atoms with Crippen LogP contribution in [0, 0.1) is 0 Å². The predicted molar refractivity (Wildman–Crippen MR) is 57.8 cm³/mol. The second-order valence-corrected chi connectivity index (χ2v) is 3.53. The van der Waals surface area contributed by atoms with Crippen molar-refractivity contribution in [3.8, 4) is 0 Å². The van der Waals surface area contributed by atoms with Crippen molar-refractivity contribution in [1.82, 2.24) is 0 Å². The summed E-state index contributed by atoms with van der Waals surface area (Å²) in [6, 6.07) is 11.2. The fourth-order valence-corrected chi connectivity index (χ4v) is 1.86. The molecule has 0 fully saturated rings. The van der Waals surface area contributed by atoms with Crippen molar-refractivity contribution < 1.29 is 9.35 Å². The second-order valence-electron chi connectivity index (χ2n) is 2.91. The highest BCUT2D eigenvalue weighted by Gasteiger charge is 2.05. The van der Waals surface area contributed by atoms with E-state index in [2.05, 4.69) is 0 Å². The van der Waals surface area contributed by atoms with Gasteiger partial charge in [-0.1, -0.05) is 30.3 Å². The third-order valence-electron chi connectivity index (χ3n) is 2.15. The van der Waals surface area contributed by atoms with E-state index >= 15 is 0 Å². The molecule has 3 heteroatoms. The van der Waals surface area contributed by atoms with Gasteiger partial charge in [-0.25, -0.2) is 0 Å². The molecule has 0 saturated carbocycles. The van der Waals surface area contributed by atoms with Gasteiger partial charge in [-0.3, -0.25) is 4.79 Å². The van der Waals surface area contributed by atoms with Crippen molar-refractivity contribution in [2.24, 2.45) is 0 Å². The third-order valence-corrected chi connectivity index (χ3v) is 2.70. The van der Waals surface area contributed by atoms with Crippen LogP contribution in [0.25, 0.3) is 10.8 Å². The third kappa shape index (κ3) is 1.41. The monoisotopic (exact) mass is 204 g/mol. The van der Waals surface area contributed by atoms with Crippen LogP contribution in [0.5, 0.6) is 0 Å². The quantitative estimate of drug-likeness (QED) is 0.602. The number of fused-ring (bicyclic) bond motifs is 1. The summed E-state index contributed by atoms with van der Waals surface area (Å²) in [5.74, 6) is 0. The van der Waals surface area contributed by atoms with Crippen LogP contribution in [-0.2, 0) is 0 Å². The van der Waals surface area contributed by atoms with Crippen LogP contribution in [0.4, 0.5) is 0 Å². The molecular weight excluding hydrogens is 196 g/mol. The highest BCUT2D eigenvalue weighted by atomic mass is 32.2. The Labute approximate surface area is 85.8 Å². The van der Waals surface area contributed by atoms with Crippen molar-refractivity contribution in [2.45, 2.75) is 4.90 Å². The molecule has 2 aromatic rings. The zero-order valence-corrected chi connectivity index (χ0v) is 8.12. The Balaban J connectivity index is 2.83. The van der Waals surface area contributed by atoms with Crippen molar-refractivity contribution >= 4 is 29.1 Å². The molecule has 0 radical (unpaired) electrons. The first-order chi connectivity index (χ1) is 6.86. The Bertz CT molecular complexity index is 480. The van der Waals surface area contributed by atoms with E-state index in [1.54, 1.807) is 6.07 Å². The summed E-state index contributed by atoms with van der Waals surface area (Å²) in [5, 5.41) is 1.88. The van der Waals surface area contributed by atoms with Crippen LogP contribution in [0.2, 0.25) is 0 Å². The first kappa shape index (κ1) is 9.24. The topological polar surface area (TPSA) is 37.3 Å². The summed E-state index contributed by atoms with van der Waals surface area (Å²) in [6.07, 6.45) is 0.779. The Kier molecular flexibility index (Phi) is 2.52. The van der Waals surface area contributed by atoms with Crippen molar-refractivity contribution in [2.75, 3.05) is 0 Å². The van der Waals surface area contributed by atoms with Gasteiger partial charge in [0, 0.05) is 22.5 Å². The molecule has 0 aliphatic heterocycles. The molecule has 2 nitrogen and oxygen atoms in total. The Morgan fingerprint density at radius 2 is 1.93 bits per heavy atom. The van der Waals surface area contributed by atoms with E-state index in [1.165, 1.54) is 0 Å². The predicted octanol–water partition coefficient (Wildman–Crippen LogP) is 3.22. The molecule has 0 spiro atoms. The molecule has 0 saturated heterocycles. The van der Waals surface area contributed by atoms with Gasteiger partial charge in [0.05, 0.1) is 0 Å². The molecule has 0 atom stereocenters. The second kappa shape index (κ2) is 3.82. The first-order valence-electron chi connectivity index (χ1n) is 4.15. The lowest BCUT2D eigenvalue weighted by atomic mass is 10.1. The maximum atomic E-state index is 10.9. The van der Waals surface area contributed by atoms with Crippen molar-refractivity contribution in [1.29, 1.82) is 0 Å². The van der Waals surface area contributed by atoms with E-state index in [4.69, 9.17) is 4.55 Å². The Hall–Kier alpha value is -1.32. The van der Waals surface area contributed by atoms with Gasteiger partial charge in [0.15, 0.2) is 6.29 Å². The number of hydrogen-bond donors (Lipinski definition) is 1. The van der Waals surface area contributed by atoms with Gasteiger partial charge in [-0.15, -0.1) is 0 Å². The molecule has 0 unspecified atom stereocenters. The normalized spacial score (nSPS) is 10.4. The molecule has 70 valence electrons. The Morgan fingerprint density at radius 3 is 2.64 bits per heavy atom. The maximum absolute atomic E-state index is 10.9. The molecule has 0 heterocycles. The zero-order valence-electron chi connectivity index (χ0n) is 7.31. The molecule has 2 rings (SSSR count). The summed E-state index contributed by atoms with van der Waals surface area (Å²) in [7, 11) is 0. The van der Waals surface area contributed by atoms with E-state index in [9.17, 15) is 4.79 Å². The summed E-state index contributed by atoms with van der Waals surface area (Å²) in [5.41, 5.74) is 0.551. The standard InChI is InChI=1S/C11H8O2S/c12-7-10-9-4-2-1-3-8(9)5-6-11(10)14-13/h1-7,13H. The highest BCUT2D eigenvalue weighted by molar-refractivity contribution is 7.93. The molecule has 0 amide bonds. The molecular formula is C11H8O2S. The summed E-state index contributed by atoms with van der Waals surface area (Å²) in [4.78, 5) is 11.5. The maximum Gasteiger partial charge on any atom is 0.151 e. The van der Waals surface area contributed by atoms with Crippen LogP contribution in [-0.4, -0.2) is 10.8 Å². The van der Waals surface area contributed by atoms with E-state index in [0.29, 0.717) is 22.5 Å². The lowest BCUT2D eigenvalue weighted by molar-refractivity contribution is 0.112. The van der Waals surface area contributed by atoms with Gasteiger partial charge in [0.2, 0.25) is 0 Å². The number of rotatable bonds is 2. The summed E-state index contributed by atoms with van der Waals surface area (Å²) < 4.78 is 8.97. The van der Waals surface area contributed by atoms with E-state index in [-0.39, 0.29) is 0 Å². The van der Waals surface area contributed by atoms with Crippen molar-refractivity contribution in [3.63, 3.8) is 0 Å². The average Bonchev–Trinajstić information content (AvgIpc) is 2.27. The number of carbonyl (C=O) groups excluding carboxylic acids is 1. The minimum atomic E-state index is 0.551. The van der Waals surface area contributed by atoms with Crippen molar-refractivity contribution in [3.05, 3.63) is 42.0 Å². The summed E-state index contributed by atoms with van der Waals surface area (Å²) in [6.45, 7) is 0. The number of benzene rings is 2. The van der Waals surface area contributed by atoms with Crippen LogP contribution in [0.15, 0.2) is 41.3 Å². The Morgan fingerprint density at radius 1 is 1.14 bits per heavy atom. The molecule has 0 aliphatic carbocycles. The first-order valence-corrected chi connectivity index (χ1v) is 4.92. The zero-order chi connectivity index (χ0) is 9.97. The minimum absolute atomic E-state index is 0.551. The van der Waals surface area contributed by atoms with Gasteiger partial charge >= 0.3 is 0 Å². The molecule has 0 bridgehead atoms. The number of carbonyl (C=O) groups is 1. The van der Waals surface area contributed by atoms with E-state index in [0.717, 1.165) is 17.1 Å². The molecule has 1 N–H and O–H groups in total. The SMILES string of the molecule is O=Cc1c(SO)ccc2ccccc12.